The van der Waals surface area contributed by atoms with Crippen molar-refractivity contribution in [3.63, 3.8) is 0 Å². The Kier molecular flexibility index (Phi) is 6.36. The monoisotopic (exact) mass is 497 g/mol. The summed E-state index contributed by atoms with van der Waals surface area (Å²) in [5.74, 6) is 3.04. The average molecular weight is 498 g/mol. The molecule has 0 amide bonds. The van der Waals surface area contributed by atoms with Crippen LogP contribution in [0.15, 0.2) is 114 Å². The molecule has 2 aromatic heterocycles. The summed E-state index contributed by atoms with van der Waals surface area (Å²) >= 11 is 0. The lowest BCUT2D eigenvalue weighted by Crippen LogP contribution is -2.02. The molecule has 186 valence electrons. The molecule has 0 saturated carbocycles. The van der Waals surface area contributed by atoms with Gasteiger partial charge in [-0.3, -0.25) is 4.57 Å². The van der Waals surface area contributed by atoms with Crippen molar-refractivity contribution in [2.24, 2.45) is 5.92 Å². The Balaban J connectivity index is 1.47. The summed E-state index contributed by atoms with van der Waals surface area (Å²) in [6.07, 6.45) is 0.858. The van der Waals surface area contributed by atoms with Gasteiger partial charge in [-0.05, 0) is 54.3 Å². The highest BCUT2D eigenvalue weighted by Gasteiger charge is 2.20. The molecule has 6 nitrogen and oxygen atoms in total. The topological polar surface area (TPSA) is 69.6 Å². The van der Waals surface area contributed by atoms with E-state index in [0.29, 0.717) is 17.7 Å². The normalized spacial score (nSPS) is 11.2. The standard InChI is InChI=1S/C32H27N5O/c1-22(2)20-26-21-25(18-19-28(26)32-36-35-31(38-32)24-14-8-4-9-15-24)30-34-33-29(23-12-6-3-7-13-23)37(30)27-16-10-5-11-17-27/h3-19,21-22H,20H2,1-2H3. The highest BCUT2D eigenvalue weighted by atomic mass is 16.4. The second kappa shape index (κ2) is 10.3. The van der Waals surface area contributed by atoms with E-state index in [1.807, 2.05) is 66.7 Å². The van der Waals surface area contributed by atoms with Gasteiger partial charge in [-0.15, -0.1) is 20.4 Å². The lowest BCUT2D eigenvalue weighted by Gasteiger charge is -2.14. The molecule has 0 radical (unpaired) electrons. The molecule has 0 fully saturated rings. The predicted octanol–water partition coefficient (Wildman–Crippen LogP) is 7.52. The number of hydrogen-bond donors (Lipinski definition) is 0. The molecular formula is C32H27N5O. The third-order valence-electron chi connectivity index (χ3n) is 6.38. The Hall–Kier alpha value is -4.84. The second-order valence-electron chi connectivity index (χ2n) is 9.63. The minimum absolute atomic E-state index is 0.437. The maximum Gasteiger partial charge on any atom is 0.248 e. The first kappa shape index (κ1) is 23.6. The first-order valence-electron chi connectivity index (χ1n) is 12.8. The molecule has 0 atom stereocenters. The number of nitrogens with zero attached hydrogens (tertiary/aromatic N) is 5. The first-order valence-corrected chi connectivity index (χ1v) is 12.8. The van der Waals surface area contributed by atoms with E-state index in [9.17, 15) is 0 Å². The van der Waals surface area contributed by atoms with Crippen LogP contribution in [0.2, 0.25) is 0 Å². The van der Waals surface area contributed by atoms with Gasteiger partial charge in [0.15, 0.2) is 11.6 Å². The van der Waals surface area contributed by atoms with Crippen molar-refractivity contribution in [1.29, 1.82) is 0 Å². The quantitative estimate of drug-likeness (QED) is 0.228. The largest absolute Gasteiger partial charge is 0.416 e. The summed E-state index contributed by atoms with van der Waals surface area (Å²) in [7, 11) is 0. The summed E-state index contributed by atoms with van der Waals surface area (Å²) in [6, 6.07) is 36.5. The second-order valence-corrected chi connectivity index (χ2v) is 9.63. The van der Waals surface area contributed by atoms with Gasteiger partial charge in [0.2, 0.25) is 11.8 Å². The van der Waals surface area contributed by atoms with Crippen LogP contribution < -0.4 is 0 Å². The minimum atomic E-state index is 0.437. The van der Waals surface area contributed by atoms with Crippen molar-refractivity contribution in [2.45, 2.75) is 20.3 Å². The van der Waals surface area contributed by atoms with E-state index in [1.54, 1.807) is 0 Å². The van der Waals surface area contributed by atoms with Gasteiger partial charge in [-0.25, -0.2) is 0 Å². The lowest BCUT2D eigenvalue weighted by molar-refractivity contribution is 0.581. The van der Waals surface area contributed by atoms with Crippen LogP contribution in [-0.2, 0) is 6.42 Å². The van der Waals surface area contributed by atoms with Crippen LogP contribution in [0, 0.1) is 5.92 Å². The van der Waals surface area contributed by atoms with Gasteiger partial charge >= 0.3 is 0 Å². The molecule has 0 bridgehead atoms. The van der Waals surface area contributed by atoms with E-state index in [-0.39, 0.29) is 0 Å². The van der Waals surface area contributed by atoms with Crippen LogP contribution in [0.4, 0.5) is 0 Å². The number of hydrogen-bond acceptors (Lipinski definition) is 5. The van der Waals surface area contributed by atoms with Crippen LogP contribution in [0.3, 0.4) is 0 Å². The highest BCUT2D eigenvalue weighted by Crippen LogP contribution is 2.33. The third kappa shape index (κ3) is 4.64. The third-order valence-corrected chi connectivity index (χ3v) is 6.38. The Morgan fingerprint density at radius 2 is 1.18 bits per heavy atom. The van der Waals surface area contributed by atoms with Crippen LogP contribution in [0.5, 0.6) is 0 Å². The van der Waals surface area contributed by atoms with Gasteiger partial charge in [0.1, 0.15) is 0 Å². The van der Waals surface area contributed by atoms with Crippen molar-refractivity contribution in [3.8, 4) is 51.4 Å². The zero-order valence-corrected chi connectivity index (χ0v) is 21.3. The Labute approximate surface area is 221 Å². The van der Waals surface area contributed by atoms with Crippen molar-refractivity contribution < 1.29 is 4.42 Å². The first-order chi connectivity index (χ1) is 18.7. The average Bonchev–Trinajstić information content (AvgIpc) is 3.63. The number of aromatic nitrogens is 5. The molecule has 0 aliphatic heterocycles. The van der Waals surface area contributed by atoms with E-state index < -0.39 is 0 Å². The van der Waals surface area contributed by atoms with Crippen molar-refractivity contribution in [2.75, 3.05) is 0 Å². The SMILES string of the molecule is CC(C)Cc1cc(-c2nnc(-c3ccccc3)n2-c2ccccc2)ccc1-c1nnc(-c2ccccc2)o1. The van der Waals surface area contributed by atoms with E-state index in [0.717, 1.165) is 51.6 Å². The van der Waals surface area contributed by atoms with Crippen LogP contribution in [-0.4, -0.2) is 25.0 Å². The smallest absolute Gasteiger partial charge is 0.248 e. The molecule has 0 unspecified atom stereocenters. The molecule has 6 rings (SSSR count). The van der Waals surface area contributed by atoms with Crippen molar-refractivity contribution >= 4 is 0 Å². The maximum atomic E-state index is 6.12. The fraction of sp³-hybridized carbons (Fsp3) is 0.125. The highest BCUT2D eigenvalue weighted by molar-refractivity contribution is 5.71. The molecule has 4 aromatic carbocycles. The van der Waals surface area contributed by atoms with E-state index in [4.69, 9.17) is 4.42 Å². The summed E-state index contributed by atoms with van der Waals surface area (Å²) < 4.78 is 8.24. The Bertz CT molecular complexity index is 1650. The van der Waals surface area contributed by atoms with E-state index in [1.165, 1.54) is 0 Å². The van der Waals surface area contributed by atoms with Gasteiger partial charge < -0.3 is 4.42 Å². The Morgan fingerprint density at radius 3 is 1.84 bits per heavy atom. The number of benzene rings is 4. The molecule has 0 aliphatic rings. The van der Waals surface area contributed by atoms with E-state index in [2.05, 4.69) is 81.3 Å². The fourth-order valence-corrected chi connectivity index (χ4v) is 4.65. The Morgan fingerprint density at radius 1 is 0.605 bits per heavy atom. The van der Waals surface area contributed by atoms with Gasteiger partial charge in [0.05, 0.1) is 0 Å². The molecule has 2 heterocycles. The molecule has 0 saturated heterocycles. The molecule has 0 aliphatic carbocycles. The van der Waals surface area contributed by atoms with Gasteiger partial charge in [0.25, 0.3) is 0 Å². The molecule has 0 N–H and O–H groups in total. The lowest BCUT2D eigenvalue weighted by atomic mass is 9.95. The maximum absolute atomic E-state index is 6.12. The minimum Gasteiger partial charge on any atom is -0.416 e. The molecule has 6 aromatic rings. The zero-order chi connectivity index (χ0) is 25.9. The number of para-hydroxylation sites is 1. The van der Waals surface area contributed by atoms with Gasteiger partial charge in [-0.2, -0.15) is 0 Å². The summed E-state index contributed by atoms with van der Waals surface area (Å²) in [4.78, 5) is 0. The predicted molar refractivity (Wildman–Crippen MR) is 150 cm³/mol. The summed E-state index contributed by atoms with van der Waals surface area (Å²) in [6.45, 7) is 4.42. The van der Waals surface area contributed by atoms with Gasteiger partial charge in [0, 0.05) is 27.9 Å². The summed E-state index contributed by atoms with van der Waals surface area (Å²) in [5, 5.41) is 18.0. The summed E-state index contributed by atoms with van der Waals surface area (Å²) in [5.41, 5.74) is 5.96. The van der Waals surface area contributed by atoms with Gasteiger partial charge in [-0.1, -0.05) is 86.6 Å². The van der Waals surface area contributed by atoms with Crippen LogP contribution in [0.25, 0.3) is 51.4 Å². The molecular weight excluding hydrogens is 470 g/mol. The fourth-order valence-electron chi connectivity index (χ4n) is 4.65. The number of rotatable bonds is 7. The van der Waals surface area contributed by atoms with E-state index >= 15 is 0 Å². The van der Waals surface area contributed by atoms with Crippen LogP contribution in [0.1, 0.15) is 19.4 Å². The molecule has 6 heteroatoms. The zero-order valence-electron chi connectivity index (χ0n) is 21.3. The van der Waals surface area contributed by atoms with Crippen molar-refractivity contribution in [1.82, 2.24) is 25.0 Å². The molecule has 0 spiro atoms. The van der Waals surface area contributed by atoms with Crippen LogP contribution >= 0.6 is 0 Å². The van der Waals surface area contributed by atoms with Crippen molar-refractivity contribution in [3.05, 3.63) is 115 Å². The molecule has 38 heavy (non-hydrogen) atoms.